The van der Waals surface area contributed by atoms with Crippen molar-refractivity contribution in [2.24, 2.45) is 14.1 Å². The minimum atomic E-state index is -0.624. The molecule has 0 fully saturated rings. The Bertz CT molecular complexity index is 968. The van der Waals surface area contributed by atoms with Gasteiger partial charge in [0.15, 0.2) is 17.1 Å². The molecular weight excluding hydrogens is 312 g/mol. The molecule has 0 spiro atoms. The number of anilines is 1. The zero-order valence-electron chi connectivity index (χ0n) is 13.5. The third kappa shape index (κ3) is 2.40. The summed E-state index contributed by atoms with van der Waals surface area (Å²) >= 11 is 0. The van der Waals surface area contributed by atoms with E-state index >= 15 is 0 Å². The van der Waals surface area contributed by atoms with Crippen LogP contribution in [0.3, 0.4) is 0 Å². The first-order chi connectivity index (χ1) is 11.4. The molecule has 1 aliphatic heterocycles. The molecule has 0 saturated heterocycles. The number of rotatable bonds is 3. The Balaban J connectivity index is 2.01. The van der Waals surface area contributed by atoms with Crippen LogP contribution in [0.2, 0.25) is 0 Å². The van der Waals surface area contributed by atoms with Gasteiger partial charge in [0.1, 0.15) is 11.9 Å². The van der Waals surface area contributed by atoms with Crippen LogP contribution in [0.4, 0.5) is 5.82 Å². The average molecular weight is 328 g/mol. The van der Waals surface area contributed by atoms with Crippen LogP contribution in [0.1, 0.15) is 24.1 Å². The van der Waals surface area contributed by atoms with E-state index in [1.807, 2.05) is 25.1 Å². The van der Waals surface area contributed by atoms with Gasteiger partial charge < -0.3 is 14.8 Å². The molecule has 1 unspecified atom stereocenters. The number of hydrogen-bond acceptors (Lipinski definition) is 6. The Kier molecular flexibility index (Phi) is 3.77. The Hall–Kier alpha value is -3.21. The highest BCUT2D eigenvalue weighted by Gasteiger charge is 2.19. The predicted molar refractivity (Wildman–Crippen MR) is 86.2 cm³/mol. The zero-order chi connectivity index (χ0) is 17.4. The highest BCUT2D eigenvalue weighted by atomic mass is 16.7. The van der Waals surface area contributed by atoms with E-state index in [1.54, 1.807) is 6.07 Å². The average Bonchev–Trinajstić information content (AvgIpc) is 3.05. The van der Waals surface area contributed by atoms with E-state index in [2.05, 4.69) is 5.32 Å². The summed E-state index contributed by atoms with van der Waals surface area (Å²) in [6.45, 7) is 2.04. The topological polar surface area (TPSA) is 98.3 Å². The van der Waals surface area contributed by atoms with Crippen LogP contribution in [-0.2, 0) is 14.1 Å². The Morgan fingerprint density at radius 2 is 1.92 bits per heavy atom. The minimum Gasteiger partial charge on any atom is -0.454 e. The molecule has 3 rings (SSSR count). The van der Waals surface area contributed by atoms with Crippen molar-refractivity contribution in [3.63, 3.8) is 0 Å². The summed E-state index contributed by atoms with van der Waals surface area (Å²) in [5.74, 6) is 1.50. The van der Waals surface area contributed by atoms with Crippen molar-refractivity contribution >= 4 is 5.82 Å². The fourth-order valence-electron chi connectivity index (χ4n) is 2.58. The van der Waals surface area contributed by atoms with Crippen LogP contribution in [0.5, 0.6) is 11.5 Å². The van der Waals surface area contributed by atoms with Crippen molar-refractivity contribution < 1.29 is 9.47 Å². The number of ether oxygens (including phenoxy) is 2. The lowest BCUT2D eigenvalue weighted by molar-refractivity contribution is 0.174. The Morgan fingerprint density at radius 3 is 2.62 bits per heavy atom. The molecular formula is C16H16N4O4. The molecule has 24 heavy (non-hydrogen) atoms. The molecule has 1 N–H and O–H groups in total. The molecule has 0 saturated carbocycles. The summed E-state index contributed by atoms with van der Waals surface area (Å²) in [7, 11) is 2.86. The molecule has 124 valence electrons. The summed E-state index contributed by atoms with van der Waals surface area (Å²) in [6.07, 6.45) is 0. The second-order valence-corrected chi connectivity index (χ2v) is 5.52. The van der Waals surface area contributed by atoms with Gasteiger partial charge in [-0.3, -0.25) is 13.9 Å². The number of benzene rings is 1. The number of aromatic nitrogens is 2. The van der Waals surface area contributed by atoms with Gasteiger partial charge in [-0.15, -0.1) is 0 Å². The standard InChI is InChI=1S/C16H16N4O4/c1-9(10-4-5-12-13(6-10)24-8-23-12)18-14-11(7-17)15(21)20(3)16(22)19(14)2/h4-6,9,18H,8H2,1-3H3. The summed E-state index contributed by atoms with van der Waals surface area (Å²) < 4.78 is 12.8. The van der Waals surface area contributed by atoms with Crippen molar-refractivity contribution in [3.05, 3.63) is 50.2 Å². The lowest BCUT2D eigenvalue weighted by Crippen LogP contribution is -2.40. The largest absolute Gasteiger partial charge is 0.454 e. The maximum Gasteiger partial charge on any atom is 0.332 e. The molecule has 0 bridgehead atoms. The van der Waals surface area contributed by atoms with E-state index in [1.165, 1.54) is 18.7 Å². The molecule has 0 radical (unpaired) electrons. The highest BCUT2D eigenvalue weighted by Crippen LogP contribution is 2.34. The number of nitrogens with one attached hydrogen (secondary N) is 1. The van der Waals surface area contributed by atoms with Gasteiger partial charge >= 0.3 is 5.69 Å². The van der Waals surface area contributed by atoms with Gasteiger partial charge in [-0.25, -0.2) is 4.79 Å². The Morgan fingerprint density at radius 1 is 1.21 bits per heavy atom. The van der Waals surface area contributed by atoms with Gasteiger partial charge in [0.25, 0.3) is 5.56 Å². The maximum atomic E-state index is 12.1. The minimum absolute atomic E-state index is 0.104. The third-order valence-corrected chi connectivity index (χ3v) is 4.03. The predicted octanol–water partition coefficient (Wildman–Crippen LogP) is 0.857. The van der Waals surface area contributed by atoms with Gasteiger partial charge in [-0.05, 0) is 24.6 Å². The van der Waals surface area contributed by atoms with E-state index in [-0.39, 0.29) is 24.2 Å². The van der Waals surface area contributed by atoms with Crippen LogP contribution in [0.25, 0.3) is 0 Å². The van der Waals surface area contributed by atoms with E-state index in [4.69, 9.17) is 9.47 Å². The van der Waals surface area contributed by atoms with Crippen molar-refractivity contribution in [3.8, 4) is 17.6 Å². The normalized spacial score (nSPS) is 13.4. The number of nitriles is 1. The van der Waals surface area contributed by atoms with Crippen molar-refractivity contribution in [2.75, 3.05) is 12.1 Å². The van der Waals surface area contributed by atoms with Crippen LogP contribution >= 0.6 is 0 Å². The molecule has 0 amide bonds. The maximum absolute atomic E-state index is 12.1. The van der Waals surface area contributed by atoms with Crippen LogP contribution in [-0.4, -0.2) is 15.9 Å². The van der Waals surface area contributed by atoms with Gasteiger partial charge in [0.2, 0.25) is 6.79 Å². The third-order valence-electron chi connectivity index (χ3n) is 4.03. The summed E-state index contributed by atoms with van der Waals surface area (Å²) in [6, 6.07) is 7.09. The molecule has 2 heterocycles. The first kappa shape index (κ1) is 15.7. The monoisotopic (exact) mass is 328 g/mol. The van der Waals surface area contributed by atoms with Gasteiger partial charge in [0.05, 0.1) is 6.04 Å². The quantitative estimate of drug-likeness (QED) is 0.897. The molecule has 8 heteroatoms. The van der Waals surface area contributed by atoms with Gasteiger partial charge in [0, 0.05) is 14.1 Å². The second-order valence-electron chi connectivity index (χ2n) is 5.52. The van der Waals surface area contributed by atoms with Crippen LogP contribution in [0.15, 0.2) is 27.8 Å². The summed E-state index contributed by atoms with van der Waals surface area (Å²) in [5.41, 5.74) is -0.358. The van der Waals surface area contributed by atoms with Crippen LogP contribution in [0, 0.1) is 11.3 Å². The molecule has 2 aromatic rings. The molecule has 1 aliphatic rings. The Labute approximate surface area is 137 Å². The van der Waals surface area contributed by atoms with E-state index in [0.29, 0.717) is 11.5 Å². The zero-order valence-corrected chi connectivity index (χ0v) is 13.5. The van der Waals surface area contributed by atoms with E-state index < -0.39 is 11.2 Å². The number of hydrogen-bond donors (Lipinski definition) is 1. The number of fused-ring (bicyclic) bond motifs is 1. The molecule has 0 aliphatic carbocycles. The summed E-state index contributed by atoms with van der Waals surface area (Å²) in [4.78, 5) is 24.2. The SMILES string of the molecule is CC(Nc1c(C#N)c(=O)n(C)c(=O)n1C)c1ccc2c(c1)OCO2. The second kappa shape index (κ2) is 5.77. The van der Waals surface area contributed by atoms with Crippen LogP contribution < -0.4 is 26.0 Å². The lowest BCUT2D eigenvalue weighted by Gasteiger charge is -2.19. The molecule has 1 aromatic carbocycles. The van der Waals surface area contributed by atoms with E-state index in [0.717, 1.165) is 10.1 Å². The van der Waals surface area contributed by atoms with Gasteiger partial charge in [-0.1, -0.05) is 6.07 Å². The number of nitrogens with zero attached hydrogens (tertiary/aromatic N) is 3. The fraction of sp³-hybridized carbons (Fsp3) is 0.312. The van der Waals surface area contributed by atoms with Crippen molar-refractivity contribution in [1.29, 1.82) is 5.26 Å². The van der Waals surface area contributed by atoms with Crippen molar-refractivity contribution in [2.45, 2.75) is 13.0 Å². The summed E-state index contributed by atoms with van der Waals surface area (Å²) in [5, 5.41) is 12.4. The molecule has 1 aromatic heterocycles. The fourth-order valence-corrected chi connectivity index (χ4v) is 2.58. The van der Waals surface area contributed by atoms with Crippen molar-refractivity contribution in [1.82, 2.24) is 9.13 Å². The molecule has 1 atom stereocenters. The smallest absolute Gasteiger partial charge is 0.332 e. The van der Waals surface area contributed by atoms with Gasteiger partial charge in [-0.2, -0.15) is 5.26 Å². The molecule has 8 nitrogen and oxygen atoms in total. The first-order valence-electron chi connectivity index (χ1n) is 7.30. The lowest BCUT2D eigenvalue weighted by atomic mass is 10.1. The van der Waals surface area contributed by atoms with E-state index in [9.17, 15) is 14.9 Å². The highest BCUT2D eigenvalue weighted by molar-refractivity contribution is 5.53. The first-order valence-corrected chi connectivity index (χ1v) is 7.30.